The van der Waals surface area contributed by atoms with Gasteiger partial charge in [0.15, 0.2) is 0 Å². The van der Waals surface area contributed by atoms with Crippen LogP contribution in [-0.2, 0) is 15.9 Å². The number of thiophene rings is 1. The molecule has 2 N–H and O–H groups in total. The van der Waals surface area contributed by atoms with Crippen LogP contribution in [-0.4, -0.2) is 50.7 Å². The van der Waals surface area contributed by atoms with Gasteiger partial charge in [0.1, 0.15) is 0 Å². The van der Waals surface area contributed by atoms with Gasteiger partial charge in [-0.3, -0.25) is 0 Å². The summed E-state index contributed by atoms with van der Waals surface area (Å²) in [7, 11) is 1.64. The number of aliphatic hydroxyl groups excluding tert-OH is 1. The summed E-state index contributed by atoms with van der Waals surface area (Å²) in [6, 6.07) is 2.12. The molecule has 104 valence electrons. The largest absolute Gasteiger partial charge is 0.389 e. The molecule has 0 amide bonds. The van der Waals surface area contributed by atoms with E-state index in [4.69, 9.17) is 9.47 Å². The molecule has 2 atom stereocenters. The Kier molecular flexibility index (Phi) is 8.20. The zero-order valence-electron chi connectivity index (χ0n) is 11.1. The van der Waals surface area contributed by atoms with Gasteiger partial charge in [0.05, 0.1) is 25.4 Å². The Bertz CT molecular complexity index is 292. The summed E-state index contributed by atoms with van der Waals surface area (Å²) in [6.45, 7) is 4.26. The van der Waals surface area contributed by atoms with E-state index in [-0.39, 0.29) is 6.10 Å². The highest BCUT2D eigenvalue weighted by Crippen LogP contribution is 2.05. The van der Waals surface area contributed by atoms with Crippen LogP contribution in [0.1, 0.15) is 12.5 Å². The molecule has 1 aromatic heterocycles. The monoisotopic (exact) mass is 273 g/mol. The fourth-order valence-electron chi connectivity index (χ4n) is 1.55. The summed E-state index contributed by atoms with van der Waals surface area (Å²) in [5.41, 5.74) is 1.34. The number of ether oxygens (including phenoxy) is 2. The van der Waals surface area contributed by atoms with Gasteiger partial charge in [0.2, 0.25) is 0 Å². The normalized spacial score (nSPS) is 14.6. The van der Waals surface area contributed by atoms with Crippen molar-refractivity contribution in [3.05, 3.63) is 22.4 Å². The van der Waals surface area contributed by atoms with Gasteiger partial charge in [0, 0.05) is 13.7 Å². The second kappa shape index (κ2) is 9.47. The van der Waals surface area contributed by atoms with E-state index in [1.807, 2.05) is 6.92 Å². The van der Waals surface area contributed by atoms with Crippen molar-refractivity contribution in [3.8, 4) is 0 Å². The third-order valence-corrected chi connectivity index (χ3v) is 3.26. The fraction of sp³-hybridized carbons (Fsp3) is 0.692. The van der Waals surface area contributed by atoms with Crippen molar-refractivity contribution >= 4 is 11.3 Å². The second-order valence-electron chi connectivity index (χ2n) is 4.34. The van der Waals surface area contributed by atoms with Crippen LogP contribution in [0, 0.1) is 0 Å². The van der Waals surface area contributed by atoms with Gasteiger partial charge in [0.25, 0.3) is 0 Å². The Morgan fingerprint density at radius 1 is 1.44 bits per heavy atom. The maximum absolute atomic E-state index is 9.70. The molecule has 1 aromatic rings. The number of aliphatic hydroxyl groups is 1. The molecule has 0 aliphatic carbocycles. The van der Waals surface area contributed by atoms with E-state index in [0.29, 0.717) is 19.8 Å². The van der Waals surface area contributed by atoms with Crippen LogP contribution in [0.4, 0.5) is 0 Å². The highest BCUT2D eigenvalue weighted by atomic mass is 32.1. The van der Waals surface area contributed by atoms with Crippen molar-refractivity contribution in [2.45, 2.75) is 25.6 Å². The number of hydrogen-bond acceptors (Lipinski definition) is 5. The third kappa shape index (κ3) is 7.08. The Labute approximate surface area is 113 Å². The summed E-state index contributed by atoms with van der Waals surface area (Å²) < 4.78 is 10.4. The van der Waals surface area contributed by atoms with Crippen molar-refractivity contribution in [3.63, 3.8) is 0 Å². The van der Waals surface area contributed by atoms with E-state index in [1.165, 1.54) is 5.56 Å². The summed E-state index contributed by atoms with van der Waals surface area (Å²) in [6.07, 6.45) is 0.555. The van der Waals surface area contributed by atoms with E-state index >= 15 is 0 Å². The minimum Gasteiger partial charge on any atom is -0.389 e. The van der Waals surface area contributed by atoms with Crippen molar-refractivity contribution < 1.29 is 14.6 Å². The van der Waals surface area contributed by atoms with Crippen LogP contribution in [0.2, 0.25) is 0 Å². The first kappa shape index (κ1) is 15.6. The van der Waals surface area contributed by atoms with E-state index in [9.17, 15) is 5.11 Å². The predicted octanol–water partition coefficient (Wildman–Crippen LogP) is 1.29. The molecule has 5 heteroatoms. The maximum atomic E-state index is 9.70. The van der Waals surface area contributed by atoms with E-state index in [0.717, 1.165) is 13.0 Å². The summed E-state index contributed by atoms with van der Waals surface area (Å²) in [5.74, 6) is 0. The molecule has 2 unspecified atom stereocenters. The van der Waals surface area contributed by atoms with Crippen LogP contribution < -0.4 is 5.32 Å². The summed E-state index contributed by atoms with van der Waals surface area (Å²) in [5, 5.41) is 17.1. The highest BCUT2D eigenvalue weighted by Gasteiger charge is 2.07. The molecule has 0 bridgehead atoms. The van der Waals surface area contributed by atoms with Gasteiger partial charge in [-0.25, -0.2) is 0 Å². The fourth-order valence-corrected chi connectivity index (χ4v) is 2.26. The standard InChI is InChI=1S/C13H23NO3S/c1-11(8-16-2)17-9-13(15)7-14-5-3-12-4-6-18-10-12/h4,6,10-11,13-15H,3,5,7-9H2,1-2H3. The zero-order valence-corrected chi connectivity index (χ0v) is 11.9. The van der Waals surface area contributed by atoms with Gasteiger partial charge >= 0.3 is 0 Å². The lowest BCUT2D eigenvalue weighted by atomic mass is 10.2. The molecular weight excluding hydrogens is 250 g/mol. The Balaban J connectivity index is 1.98. The van der Waals surface area contributed by atoms with Crippen LogP contribution in [0.15, 0.2) is 16.8 Å². The first-order valence-electron chi connectivity index (χ1n) is 6.22. The third-order valence-electron chi connectivity index (χ3n) is 2.53. The molecule has 0 radical (unpaired) electrons. The highest BCUT2D eigenvalue weighted by molar-refractivity contribution is 7.07. The topological polar surface area (TPSA) is 50.7 Å². The van der Waals surface area contributed by atoms with Crippen LogP contribution in [0.5, 0.6) is 0 Å². The summed E-state index contributed by atoms with van der Waals surface area (Å²) in [4.78, 5) is 0. The molecule has 0 aromatic carbocycles. The molecule has 0 fully saturated rings. The lowest BCUT2D eigenvalue weighted by molar-refractivity contribution is -0.0310. The Hall–Kier alpha value is -0.460. The van der Waals surface area contributed by atoms with Crippen molar-refractivity contribution in [2.75, 3.05) is 33.4 Å². The van der Waals surface area contributed by atoms with Crippen molar-refractivity contribution in [2.24, 2.45) is 0 Å². The maximum Gasteiger partial charge on any atom is 0.0897 e. The van der Waals surface area contributed by atoms with E-state index in [1.54, 1.807) is 18.4 Å². The molecule has 18 heavy (non-hydrogen) atoms. The Morgan fingerprint density at radius 2 is 2.28 bits per heavy atom. The van der Waals surface area contributed by atoms with Crippen molar-refractivity contribution in [1.29, 1.82) is 0 Å². The van der Waals surface area contributed by atoms with Gasteiger partial charge in [-0.05, 0) is 42.3 Å². The first-order chi connectivity index (χ1) is 8.72. The van der Waals surface area contributed by atoms with Crippen LogP contribution >= 0.6 is 11.3 Å². The van der Waals surface area contributed by atoms with Crippen LogP contribution in [0.25, 0.3) is 0 Å². The summed E-state index contributed by atoms with van der Waals surface area (Å²) >= 11 is 1.71. The number of methoxy groups -OCH3 is 1. The Morgan fingerprint density at radius 3 is 2.94 bits per heavy atom. The lowest BCUT2D eigenvalue weighted by Gasteiger charge is -2.16. The minimum atomic E-state index is -0.466. The average molecular weight is 273 g/mol. The molecule has 0 spiro atoms. The number of hydrogen-bond donors (Lipinski definition) is 2. The number of rotatable bonds is 10. The quantitative estimate of drug-likeness (QED) is 0.631. The van der Waals surface area contributed by atoms with E-state index < -0.39 is 6.10 Å². The molecule has 1 rings (SSSR count). The molecule has 4 nitrogen and oxygen atoms in total. The van der Waals surface area contributed by atoms with Gasteiger partial charge in [-0.15, -0.1) is 0 Å². The lowest BCUT2D eigenvalue weighted by Crippen LogP contribution is -2.33. The SMILES string of the molecule is COCC(C)OCC(O)CNCCc1ccsc1. The zero-order chi connectivity index (χ0) is 13.2. The van der Waals surface area contributed by atoms with Crippen molar-refractivity contribution in [1.82, 2.24) is 5.32 Å². The second-order valence-corrected chi connectivity index (χ2v) is 5.12. The molecule has 0 saturated carbocycles. The first-order valence-corrected chi connectivity index (χ1v) is 7.17. The molecule has 0 aliphatic heterocycles. The molecule has 1 heterocycles. The number of nitrogens with one attached hydrogen (secondary N) is 1. The van der Waals surface area contributed by atoms with Crippen LogP contribution in [0.3, 0.4) is 0 Å². The van der Waals surface area contributed by atoms with Gasteiger partial charge in [-0.2, -0.15) is 11.3 Å². The van der Waals surface area contributed by atoms with E-state index in [2.05, 4.69) is 22.1 Å². The van der Waals surface area contributed by atoms with Gasteiger partial charge in [-0.1, -0.05) is 0 Å². The predicted molar refractivity (Wildman–Crippen MR) is 74.2 cm³/mol. The molecular formula is C13H23NO3S. The smallest absolute Gasteiger partial charge is 0.0897 e. The minimum absolute atomic E-state index is 0.0236. The molecule has 0 saturated heterocycles. The average Bonchev–Trinajstić information content (AvgIpc) is 2.85. The molecule has 0 aliphatic rings. The van der Waals surface area contributed by atoms with Gasteiger partial charge < -0.3 is 19.9 Å².